The second kappa shape index (κ2) is 4.21. The predicted molar refractivity (Wildman–Crippen MR) is 74.5 cm³/mol. The van der Waals surface area contributed by atoms with Crippen LogP contribution in [0, 0.1) is 23.2 Å². The SMILES string of the molecule is C[C@H]1CN(CC23CC4CC(CC(C4)C2)C3)CCN1. The van der Waals surface area contributed by atoms with E-state index in [1.54, 1.807) is 38.5 Å². The van der Waals surface area contributed by atoms with Crippen LogP contribution in [0.3, 0.4) is 0 Å². The molecular formula is C16H28N2. The Morgan fingerprint density at radius 2 is 1.67 bits per heavy atom. The highest BCUT2D eigenvalue weighted by Crippen LogP contribution is 2.60. The second-order valence-corrected chi connectivity index (χ2v) is 8.01. The quantitative estimate of drug-likeness (QED) is 0.808. The summed E-state index contributed by atoms with van der Waals surface area (Å²) in [7, 11) is 0. The van der Waals surface area contributed by atoms with Gasteiger partial charge in [0, 0.05) is 32.2 Å². The average molecular weight is 248 g/mol. The summed E-state index contributed by atoms with van der Waals surface area (Å²) in [5, 5.41) is 3.58. The lowest BCUT2D eigenvalue weighted by Crippen LogP contribution is -2.56. The lowest BCUT2D eigenvalue weighted by atomic mass is 9.49. The number of rotatable bonds is 2. The second-order valence-electron chi connectivity index (χ2n) is 8.01. The van der Waals surface area contributed by atoms with E-state index in [0.29, 0.717) is 6.04 Å². The van der Waals surface area contributed by atoms with E-state index in [2.05, 4.69) is 17.1 Å². The Kier molecular flexibility index (Phi) is 2.74. The van der Waals surface area contributed by atoms with Crippen LogP contribution in [0.4, 0.5) is 0 Å². The molecule has 0 spiro atoms. The summed E-state index contributed by atoms with van der Waals surface area (Å²) in [6.45, 7) is 7.52. The molecule has 2 nitrogen and oxygen atoms in total. The molecule has 4 bridgehead atoms. The van der Waals surface area contributed by atoms with E-state index in [4.69, 9.17) is 0 Å². The topological polar surface area (TPSA) is 15.3 Å². The molecular weight excluding hydrogens is 220 g/mol. The minimum absolute atomic E-state index is 0.702. The van der Waals surface area contributed by atoms with Gasteiger partial charge in [0.25, 0.3) is 0 Å². The number of hydrogen-bond donors (Lipinski definition) is 1. The zero-order chi connectivity index (χ0) is 12.2. The largest absolute Gasteiger partial charge is 0.312 e. The maximum absolute atomic E-state index is 3.58. The first-order chi connectivity index (χ1) is 8.71. The van der Waals surface area contributed by atoms with Crippen LogP contribution >= 0.6 is 0 Å². The van der Waals surface area contributed by atoms with Crippen molar-refractivity contribution in [3.63, 3.8) is 0 Å². The van der Waals surface area contributed by atoms with Gasteiger partial charge in [-0.25, -0.2) is 0 Å². The molecule has 102 valence electrons. The number of nitrogens with one attached hydrogen (secondary N) is 1. The molecule has 18 heavy (non-hydrogen) atoms. The van der Waals surface area contributed by atoms with Gasteiger partial charge in [0.15, 0.2) is 0 Å². The fourth-order valence-corrected chi connectivity index (χ4v) is 6.11. The van der Waals surface area contributed by atoms with Gasteiger partial charge in [-0.1, -0.05) is 0 Å². The molecule has 5 fully saturated rings. The van der Waals surface area contributed by atoms with E-state index in [1.165, 1.54) is 26.2 Å². The van der Waals surface area contributed by atoms with Gasteiger partial charge in [0.1, 0.15) is 0 Å². The molecule has 1 aliphatic heterocycles. The number of piperazine rings is 1. The summed E-state index contributed by atoms with van der Waals surface area (Å²) in [4.78, 5) is 2.77. The summed E-state index contributed by atoms with van der Waals surface area (Å²) in [6, 6.07) is 0.702. The normalized spacial score (nSPS) is 51.8. The molecule has 5 aliphatic rings. The monoisotopic (exact) mass is 248 g/mol. The molecule has 2 heteroatoms. The van der Waals surface area contributed by atoms with Gasteiger partial charge in [-0.2, -0.15) is 0 Å². The molecule has 0 aromatic carbocycles. The van der Waals surface area contributed by atoms with Crippen molar-refractivity contribution in [2.24, 2.45) is 23.2 Å². The Bertz CT molecular complexity index is 290. The van der Waals surface area contributed by atoms with Crippen LogP contribution in [0.2, 0.25) is 0 Å². The first kappa shape index (κ1) is 11.7. The highest BCUT2D eigenvalue weighted by atomic mass is 15.2. The molecule has 0 radical (unpaired) electrons. The van der Waals surface area contributed by atoms with Gasteiger partial charge in [0.05, 0.1) is 0 Å². The Morgan fingerprint density at radius 3 is 2.22 bits per heavy atom. The third-order valence-corrected chi connectivity index (χ3v) is 6.18. The third kappa shape index (κ3) is 2.02. The minimum Gasteiger partial charge on any atom is -0.312 e. The molecule has 0 aromatic heterocycles. The smallest absolute Gasteiger partial charge is 0.0167 e. The van der Waals surface area contributed by atoms with Gasteiger partial charge in [-0.3, -0.25) is 4.90 Å². The highest BCUT2D eigenvalue weighted by Gasteiger charge is 2.51. The molecule has 4 saturated carbocycles. The molecule has 0 unspecified atom stereocenters. The number of nitrogens with zero attached hydrogens (tertiary/aromatic N) is 1. The van der Waals surface area contributed by atoms with Crippen LogP contribution in [0.15, 0.2) is 0 Å². The Hall–Kier alpha value is -0.0800. The molecule has 0 amide bonds. The molecule has 1 saturated heterocycles. The fraction of sp³-hybridized carbons (Fsp3) is 1.00. The molecule has 1 N–H and O–H groups in total. The van der Waals surface area contributed by atoms with Crippen molar-refractivity contribution in [3.05, 3.63) is 0 Å². The first-order valence-electron chi connectivity index (χ1n) is 8.16. The summed E-state index contributed by atoms with van der Waals surface area (Å²) >= 11 is 0. The summed E-state index contributed by atoms with van der Waals surface area (Å²) in [6.07, 6.45) is 9.44. The maximum Gasteiger partial charge on any atom is 0.0167 e. The highest BCUT2D eigenvalue weighted by molar-refractivity contribution is 5.02. The Morgan fingerprint density at radius 1 is 1.06 bits per heavy atom. The zero-order valence-electron chi connectivity index (χ0n) is 11.8. The fourth-order valence-electron chi connectivity index (χ4n) is 6.11. The van der Waals surface area contributed by atoms with Crippen LogP contribution in [0.5, 0.6) is 0 Å². The van der Waals surface area contributed by atoms with Crippen LogP contribution < -0.4 is 5.32 Å². The molecule has 0 aromatic rings. The van der Waals surface area contributed by atoms with Gasteiger partial charge in [0.2, 0.25) is 0 Å². The van der Waals surface area contributed by atoms with E-state index >= 15 is 0 Å². The third-order valence-electron chi connectivity index (χ3n) is 6.18. The van der Waals surface area contributed by atoms with Gasteiger partial charge >= 0.3 is 0 Å². The molecule has 1 heterocycles. The van der Waals surface area contributed by atoms with Crippen molar-refractivity contribution < 1.29 is 0 Å². The van der Waals surface area contributed by atoms with Gasteiger partial charge in [-0.15, -0.1) is 0 Å². The lowest BCUT2D eigenvalue weighted by molar-refractivity contribution is -0.0714. The van der Waals surface area contributed by atoms with Crippen LogP contribution in [-0.2, 0) is 0 Å². The van der Waals surface area contributed by atoms with Gasteiger partial charge in [-0.05, 0) is 68.6 Å². The van der Waals surface area contributed by atoms with Crippen molar-refractivity contribution in [3.8, 4) is 0 Å². The van der Waals surface area contributed by atoms with E-state index in [0.717, 1.165) is 23.2 Å². The molecule has 1 atom stereocenters. The van der Waals surface area contributed by atoms with E-state index in [1.807, 2.05) is 0 Å². The van der Waals surface area contributed by atoms with Gasteiger partial charge < -0.3 is 5.32 Å². The molecule has 4 aliphatic carbocycles. The maximum atomic E-state index is 3.58. The lowest BCUT2D eigenvalue weighted by Gasteiger charge is -2.58. The standard InChI is InChI=1S/C16H28N2/c1-12-10-18(3-2-17-12)11-16-7-13-4-14(8-16)6-15(5-13)9-16/h12-15,17H,2-11H2,1H3/t12-,13?,14?,15?,16?/m0/s1. The van der Waals surface area contributed by atoms with Crippen molar-refractivity contribution in [2.75, 3.05) is 26.2 Å². The van der Waals surface area contributed by atoms with Crippen molar-refractivity contribution in [1.82, 2.24) is 10.2 Å². The molecule has 5 rings (SSSR count). The number of hydrogen-bond acceptors (Lipinski definition) is 2. The minimum atomic E-state index is 0.702. The summed E-state index contributed by atoms with van der Waals surface area (Å²) in [5.74, 6) is 3.32. The van der Waals surface area contributed by atoms with Crippen LogP contribution in [-0.4, -0.2) is 37.1 Å². The Labute approximate surface area is 111 Å². The Balaban J connectivity index is 1.47. The van der Waals surface area contributed by atoms with Crippen LogP contribution in [0.1, 0.15) is 45.4 Å². The summed E-state index contributed by atoms with van der Waals surface area (Å²) < 4.78 is 0. The van der Waals surface area contributed by atoms with E-state index in [-0.39, 0.29) is 0 Å². The van der Waals surface area contributed by atoms with E-state index in [9.17, 15) is 0 Å². The predicted octanol–water partition coefficient (Wildman–Crippen LogP) is 2.50. The van der Waals surface area contributed by atoms with Crippen LogP contribution in [0.25, 0.3) is 0 Å². The van der Waals surface area contributed by atoms with Crippen molar-refractivity contribution in [1.29, 1.82) is 0 Å². The summed E-state index contributed by atoms with van der Waals surface area (Å²) in [5.41, 5.74) is 0.742. The van der Waals surface area contributed by atoms with Crippen molar-refractivity contribution >= 4 is 0 Å². The first-order valence-corrected chi connectivity index (χ1v) is 8.16. The van der Waals surface area contributed by atoms with Crippen molar-refractivity contribution in [2.45, 2.75) is 51.5 Å². The van der Waals surface area contributed by atoms with E-state index < -0.39 is 0 Å². The average Bonchev–Trinajstić information content (AvgIpc) is 2.25. The zero-order valence-corrected chi connectivity index (χ0v) is 11.8.